The lowest BCUT2D eigenvalue weighted by Gasteiger charge is -2.34. The topological polar surface area (TPSA) is 105 Å². The average Bonchev–Trinajstić information content (AvgIpc) is 3.04. The van der Waals surface area contributed by atoms with Crippen molar-refractivity contribution in [3.63, 3.8) is 0 Å². The third kappa shape index (κ3) is 8.11. The van der Waals surface area contributed by atoms with Crippen LogP contribution in [0.1, 0.15) is 56.6 Å². The Hall–Kier alpha value is -4.05. The maximum atomic E-state index is 14.3. The molecule has 1 atom stereocenters. The first-order valence-corrected chi connectivity index (χ1v) is 16.6. The van der Waals surface area contributed by atoms with Crippen LogP contribution in [-0.2, 0) is 26.2 Å². The highest BCUT2D eigenvalue weighted by Crippen LogP contribution is 2.27. The van der Waals surface area contributed by atoms with Crippen molar-refractivity contribution in [2.45, 2.75) is 75.9 Å². The highest BCUT2D eigenvalue weighted by atomic mass is 32.2. The van der Waals surface area contributed by atoms with Crippen LogP contribution in [0.4, 0.5) is 5.69 Å². The molecule has 236 valence electrons. The largest absolute Gasteiger partial charge is 0.497 e. The lowest BCUT2D eigenvalue weighted by atomic mass is 9.95. The van der Waals surface area contributed by atoms with Crippen molar-refractivity contribution in [1.29, 1.82) is 0 Å². The van der Waals surface area contributed by atoms with Crippen molar-refractivity contribution in [3.8, 4) is 11.5 Å². The molecule has 1 unspecified atom stereocenters. The zero-order chi connectivity index (χ0) is 31.7. The number of sulfonamides is 1. The number of rotatable bonds is 13. The second-order valence-electron chi connectivity index (χ2n) is 11.2. The van der Waals surface area contributed by atoms with E-state index >= 15 is 0 Å². The first-order valence-electron chi connectivity index (χ1n) is 15.1. The summed E-state index contributed by atoms with van der Waals surface area (Å²) in [7, 11) is -1.08. The van der Waals surface area contributed by atoms with E-state index in [0.717, 1.165) is 47.5 Å². The Morgan fingerprint density at radius 2 is 1.43 bits per heavy atom. The molecular weight excluding hydrogens is 578 g/mol. The average molecular weight is 622 g/mol. The molecule has 0 saturated heterocycles. The van der Waals surface area contributed by atoms with Crippen LogP contribution >= 0.6 is 0 Å². The molecule has 0 aromatic heterocycles. The van der Waals surface area contributed by atoms with Crippen LogP contribution in [0.3, 0.4) is 0 Å². The number of anilines is 1. The molecular formula is C34H43N3O6S. The molecule has 0 radical (unpaired) electrons. The van der Waals surface area contributed by atoms with E-state index in [2.05, 4.69) is 5.32 Å². The fourth-order valence-corrected chi connectivity index (χ4v) is 6.92. The number of nitrogens with zero attached hydrogens (tertiary/aromatic N) is 2. The van der Waals surface area contributed by atoms with E-state index in [1.165, 1.54) is 24.1 Å². The summed E-state index contributed by atoms with van der Waals surface area (Å²) in [6.45, 7) is 3.42. The summed E-state index contributed by atoms with van der Waals surface area (Å²) in [5.74, 6) is 0.484. The van der Waals surface area contributed by atoms with Gasteiger partial charge in [-0.15, -0.1) is 0 Å². The maximum Gasteiger partial charge on any atom is 0.264 e. The monoisotopic (exact) mass is 621 g/mol. The number of carbonyl (C=O) groups is 2. The fraction of sp³-hybridized carbons (Fsp3) is 0.412. The number of ether oxygens (including phenoxy) is 2. The number of carbonyl (C=O) groups excluding carboxylic acids is 2. The highest BCUT2D eigenvalue weighted by molar-refractivity contribution is 7.92. The molecule has 10 heteroatoms. The Kier molecular flexibility index (Phi) is 11.3. The Balaban J connectivity index is 1.70. The van der Waals surface area contributed by atoms with Crippen molar-refractivity contribution in [2.75, 3.05) is 25.1 Å². The van der Waals surface area contributed by atoms with Gasteiger partial charge in [0.1, 0.15) is 24.1 Å². The van der Waals surface area contributed by atoms with Gasteiger partial charge in [0.25, 0.3) is 10.0 Å². The Labute approximate surface area is 261 Å². The van der Waals surface area contributed by atoms with Gasteiger partial charge in [-0.1, -0.05) is 56.0 Å². The van der Waals surface area contributed by atoms with Crippen LogP contribution in [0.15, 0.2) is 77.7 Å². The van der Waals surface area contributed by atoms with Crippen molar-refractivity contribution < 1.29 is 27.5 Å². The number of methoxy groups -OCH3 is 2. The van der Waals surface area contributed by atoms with Crippen LogP contribution in [0.2, 0.25) is 0 Å². The molecule has 44 heavy (non-hydrogen) atoms. The van der Waals surface area contributed by atoms with Crippen molar-refractivity contribution in [2.24, 2.45) is 0 Å². The third-order valence-electron chi connectivity index (χ3n) is 8.10. The van der Waals surface area contributed by atoms with Gasteiger partial charge in [0.2, 0.25) is 11.8 Å². The van der Waals surface area contributed by atoms with E-state index in [4.69, 9.17) is 9.47 Å². The summed E-state index contributed by atoms with van der Waals surface area (Å²) in [6, 6.07) is 19.6. The molecule has 0 heterocycles. The first-order chi connectivity index (χ1) is 21.2. The van der Waals surface area contributed by atoms with E-state index in [1.807, 2.05) is 26.0 Å². The van der Waals surface area contributed by atoms with E-state index in [9.17, 15) is 18.0 Å². The van der Waals surface area contributed by atoms with Crippen LogP contribution in [0.25, 0.3) is 0 Å². The van der Waals surface area contributed by atoms with E-state index in [-0.39, 0.29) is 23.4 Å². The molecule has 3 aromatic rings. The van der Waals surface area contributed by atoms with Crippen LogP contribution < -0.4 is 19.1 Å². The molecule has 2 amide bonds. The van der Waals surface area contributed by atoms with Crippen LogP contribution in [0.5, 0.6) is 11.5 Å². The predicted molar refractivity (Wildman–Crippen MR) is 171 cm³/mol. The molecule has 3 aromatic carbocycles. The number of nitrogens with one attached hydrogen (secondary N) is 1. The predicted octanol–water partition coefficient (Wildman–Crippen LogP) is 5.46. The minimum Gasteiger partial charge on any atom is -0.497 e. The van der Waals surface area contributed by atoms with E-state index in [1.54, 1.807) is 55.6 Å². The van der Waals surface area contributed by atoms with Gasteiger partial charge >= 0.3 is 0 Å². The fourth-order valence-electron chi connectivity index (χ4n) is 5.51. The number of aryl methyl sites for hydroxylation is 1. The molecule has 9 nitrogen and oxygen atoms in total. The summed E-state index contributed by atoms with van der Waals surface area (Å²) < 4.78 is 39.7. The third-order valence-corrected chi connectivity index (χ3v) is 9.89. The van der Waals surface area contributed by atoms with Gasteiger partial charge in [-0.25, -0.2) is 8.42 Å². The van der Waals surface area contributed by atoms with Crippen molar-refractivity contribution in [3.05, 3.63) is 83.9 Å². The zero-order valence-corrected chi connectivity index (χ0v) is 26.8. The SMILES string of the molecule is CCC(C(=O)NC1CCCCC1)N(Cc1ccc(OC)cc1)C(=O)CN(c1ccc(C)cc1)S(=O)(=O)c1ccc(OC)cc1. The summed E-state index contributed by atoms with van der Waals surface area (Å²) in [4.78, 5) is 29.5. The molecule has 1 fully saturated rings. The van der Waals surface area contributed by atoms with Crippen LogP contribution in [-0.4, -0.2) is 58.0 Å². The second-order valence-corrected chi connectivity index (χ2v) is 13.0. The standard InChI is InChI=1S/C34H43N3O6S/c1-5-32(34(39)35-27-9-7-6-8-10-27)36(23-26-13-17-29(42-3)18-14-26)33(38)24-37(28-15-11-25(2)12-16-28)44(40,41)31-21-19-30(43-4)20-22-31/h11-22,27,32H,5-10,23-24H2,1-4H3,(H,35,39). The molecule has 0 bridgehead atoms. The summed E-state index contributed by atoms with van der Waals surface area (Å²) in [5.41, 5.74) is 2.10. The highest BCUT2D eigenvalue weighted by Gasteiger charge is 2.34. The minimum absolute atomic E-state index is 0.0236. The lowest BCUT2D eigenvalue weighted by molar-refractivity contribution is -0.140. The van der Waals surface area contributed by atoms with Gasteiger partial charge in [-0.2, -0.15) is 0 Å². The number of amides is 2. The molecule has 4 rings (SSSR count). The lowest BCUT2D eigenvalue weighted by Crippen LogP contribution is -2.54. The van der Waals surface area contributed by atoms with Gasteiger partial charge in [0.05, 0.1) is 24.8 Å². The van der Waals surface area contributed by atoms with E-state index < -0.39 is 28.5 Å². The number of hydrogen-bond donors (Lipinski definition) is 1. The molecule has 0 spiro atoms. The molecule has 1 aliphatic rings. The molecule has 0 aliphatic heterocycles. The summed E-state index contributed by atoms with van der Waals surface area (Å²) in [6.07, 6.45) is 5.47. The number of hydrogen-bond acceptors (Lipinski definition) is 6. The van der Waals surface area contributed by atoms with Gasteiger partial charge in [-0.05, 0) is 80.3 Å². The van der Waals surface area contributed by atoms with Gasteiger partial charge < -0.3 is 19.7 Å². The van der Waals surface area contributed by atoms with Crippen molar-refractivity contribution in [1.82, 2.24) is 10.2 Å². The Bertz CT molecular complexity index is 1490. The number of benzene rings is 3. The summed E-state index contributed by atoms with van der Waals surface area (Å²) in [5, 5.41) is 3.17. The van der Waals surface area contributed by atoms with Gasteiger partial charge in [-0.3, -0.25) is 13.9 Å². The maximum absolute atomic E-state index is 14.3. The normalized spacial score (nSPS) is 14.4. The summed E-state index contributed by atoms with van der Waals surface area (Å²) >= 11 is 0. The van der Waals surface area contributed by atoms with Crippen LogP contribution in [0, 0.1) is 6.92 Å². The quantitative estimate of drug-likeness (QED) is 0.272. The minimum atomic E-state index is -4.16. The van der Waals surface area contributed by atoms with Gasteiger partial charge in [0.15, 0.2) is 0 Å². The molecule has 1 saturated carbocycles. The molecule has 1 aliphatic carbocycles. The Morgan fingerprint density at radius 1 is 0.864 bits per heavy atom. The first kappa shape index (κ1) is 32.9. The van der Waals surface area contributed by atoms with E-state index in [0.29, 0.717) is 23.6 Å². The van der Waals surface area contributed by atoms with Crippen molar-refractivity contribution >= 4 is 27.5 Å². The zero-order valence-electron chi connectivity index (χ0n) is 26.0. The molecule has 1 N–H and O–H groups in total. The second kappa shape index (κ2) is 15.1. The van der Waals surface area contributed by atoms with Gasteiger partial charge in [0, 0.05) is 12.6 Å². The smallest absolute Gasteiger partial charge is 0.264 e. The Morgan fingerprint density at radius 3 is 1.98 bits per heavy atom.